The number of carbonyl (C=O) groups is 2. The van der Waals surface area contributed by atoms with Crippen LogP contribution in [0, 0.1) is 5.92 Å². The number of carbonyl (C=O) groups excluding carboxylic acids is 2. The minimum atomic E-state index is -0.479. The Morgan fingerprint density at radius 2 is 1.69 bits per heavy atom. The molecule has 0 aromatic carbocycles. The molecular formula is C10H21N3O3. The van der Waals surface area contributed by atoms with Crippen molar-refractivity contribution >= 4 is 12.0 Å². The Morgan fingerprint density at radius 3 is 2.12 bits per heavy atom. The molecule has 0 aliphatic heterocycles. The summed E-state index contributed by atoms with van der Waals surface area (Å²) in [4.78, 5) is 25.7. The minimum absolute atomic E-state index is 0.0358. The summed E-state index contributed by atoms with van der Waals surface area (Å²) in [6, 6.07) is 0. The van der Waals surface area contributed by atoms with Gasteiger partial charge in [0.25, 0.3) is 0 Å². The van der Waals surface area contributed by atoms with Gasteiger partial charge >= 0.3 is 6.09 Å². The molecule has 0 saturated heterocycles. The Kier molecular flexibility index (Phi) is 6.48. The lowest BCUT2D eigenvalue weighted by Gasteiger charge is -2.23. The van der Waals surface area contributed by atoms with Gasteiger partial charge in [-0.05, 0) is 0 Å². The van der Waals surface area contributed by atoms with Crippen LogP contribution in [0.2, 0.25) is 0 Å². The molecule has 94 valence electrons. The summed E-state index contributed by atoms with van der Waals surface area (Å²) in [5, 5.41) is 0. The smallest absolute Gasteiger partial charge is 0.410 e. The van der Waals surface area contributed by atoms with Crippen LogP contribution in [-0.2, 0) is 9.53 Å². The second kappa shape index (κ2) is 7.05. The standard InChI is InChI=1S/C10H21N3O3/c1-8(2)9(14)12(3)5-6-13(4)10(15)16-7-11/h8H,5-7,11H2,1-4H3. The average molecular weight is 231 g/mol. The topological polar surface area (TPSA) is 75.9 Å². The van der Waals surface area contributed by atoms with Gasteiger partial charge in [-0.3, -0.25) is 10.5 Å². The summed E-state index contributed by atoms with van der Waals surface area (Å²) in [5.74, 6) is 0.0203. The van der Waals surface area contributed by atoms with Crippen LogP contribution in [0.15, 0.2) is 0 Å². The molecule has 0 aliphatic carbocycles. The van der Waals surface area contributed by atoms with Crippen LogP contribution in [0.1, 0.15) is 13.8 Å². The fraction of sp³-hybridized carbons (Fsp3) is 0.800. The molecule has 2 amide bonds. The molecule has 6 nitrogen and oxygen atoms in total. The lowest BCUT2D eigenvalue weighted by atomic mass is 10.2. The second-order valence-corrected chi connectivity index (χ2v) is 3.91. The van der Waals surface area contributed by atoms with Crippen molar-refractivity contribution in [2.24, 2.45) is 11.7 Å². The summed E-state index contributed by atoms with van der Waals surface area (Å²) < 4.78 is 4.61. The zero-order valence-electron chi connectivity index (χ0n) is 10.4. The highest BCUT2D eigenvalue weighted by atomic mass is 16.6. The van der Waals surface area contributed by atoms with E-state index in [0.29, 0.717) is 13.1 Å². The first kappa shape index (κ1) is 14.7. The van der Waals surface area contributed by atoms with Crippen LogP contribution in [0.5, 0.6) is 0 Å². The van der Waals surface area contributed by atoms with Crippen LogP contribution in [0.25, 0.3) is 0 Å². The number of hydrogen-bond acceptors (Lipinski definition) is 4. The highest BCUT2D eigenvalue weighted by Crippen LogP contribution is 1.99. The number of nitrogens with two attached hydrogens (primary N) is 1. The second-order valence-electron chi connectivity index (χ2n) is 3.91. The SMILES string of the molecule is CC(C)C(=O)N(C)CCN(C)C(=O)OCN. The molecule has 0 spiro atoms. The van der Waals surface area contributed by atoms with E-state index in [4.69, 9.17) is 5.73 Å². The maximum atomic E-state index is 11.5. The van der Waals surface area contributed by atoms with Crippen molar-refractivity contribution < 1.29 is 14.3 Å². The number of ether oxygens (including phenoxy) is 1. The first-order valence-corrected chi connectivity index (χ1v) is 5.23. The molecule has 0 rings (SSSR count). The normalized spacial score (nSPS) is 10.1. The molecule has 0 bridgehead atoms. The number of hydrogen-bond donors (Lipinski definition) is 1. The van der Waals surface area contributed by atoms with Gasteiger partial charge in [-0.25, -0.2) is 4.79 Å². The molecule has 0 aromatic rings. The molecular weight excluding hydrogens is 210 g/mol. The maximum absolute atomic E-state index is 11.5. The van der Waals surface area contributed by atoms with Gasteiger partial charge in [0.1, 0.15) is 6.73 Å². The molecule has 16 heavy (non-hydrogen) atoms. The number of rotatable bonds is 5. The molecule has 2 N–H and O–H groups in total. The molecule has 0 unspecified atom stereocenters. The van der Waals surface area contributed by atoms with Gasteiger partial charge in [-0.15, -0.1) is 0 Å². The molecule has 0 fully saturated rings. The quantitative estimate of drug-likeness (QED) is 0.680. The highest BCUT2D eigenvalue weighted by Gasteiger charge is 2.15. The maximum Gasteiger partial charge on any atom is 0.410 e. The Labute approximate surface area is 96.3 Å². The van der Waals surface area contributed by atoms with E-state index in [2.05, 4.69) is 4.74 Å². The van der Waals surface area contributed by atoms with Crippen molar-refractivity contribution in [1.82, 2.24) is 9.80 Å². The first-order chi connectivity index (χ1) is 7.40. The monoisotopic (exact) mass is 231 g/mol. The molecule has 0 heterocycles. The third kappa shape index (κ3) is 4.97. The van der Waals surface area contributed by atoms with Crippen LogP contribution in [-0.4, -0.2) is 55.7 Å². The summed E-state index contributed by atoms with van der Waals surface area (Å²) in [7, 11) is 3.32. The summed E-state index contributed by atoms with van der Waals surface area (Å²) in [6.07, 6.45) is -0.479. The van der Waals surface area contributed by atoms with Crippen LogP contribution < -0.4 is 5.73 Å². The molecule has 0 saturated carbocycles. The van der Waals surface area contributed by atoms with Gasteiger partial charge in [0.15, 0.2) is 0 Å². The highest BCUT2D eigenvalue weighted by molar-refractivity contribution is 5.77. The van der Waals surface area contributed by atoms with E-state index in [1.54, 1.807) is 19.0 Å². The largest absolute Gasteiger partial charge is 0.434 e. The predicted molar refractivity (Wildman–Crippen MR) is 60.6 cm³/mol. The van der Waals surface area contributed by atoms with E-state index in [1.807, 2.05) is 13.8 Å². The lowest BCUT2D eigenvalue weighted by molar-refractivity contribution is -0.133. The van der Waals surface area contributed by atoms with Crippen molar-refractivity contribution in [3.63, 3.8) is 0 Å². The molecule has 6 heteroatoms. The van der Waals surface area contributed by atoms with Crippen LogP contribution in [0.3, 0.4) is 0 Å². The van der Waals surface area contributed by atoms with E-state index in [0.717, 1.165) is 0 Å². The Bertz CT molecular complexity index is 243. The number of nitrogens with zero attached hydrogens (tertiary/aromatic N) is 2. The van der Waals surface area contributed by atoms with Crippen molar-refractivity contribution in [1.29, 1.82) is 0 Å². The third-order valence-corrected chi connectivity index (χ3v) is 2.16. The fourth-order valence-corrected chi connectivity index (χ4v) is 1.12. The van der Waals surface area contributed by atoms with Gasteiger partial charge < -0.3 is 14.5 Å². The predicted octanol–water partition coefficient (Wildman–Crippen LogP) is 0.0854. The van der Waals surface area contributed by atoms with Crippen molar-refractivity contribution in [3.8, 4) is 0 Å². The molecule has 0 atom stereocenters. The van der Waals surface area contributed by atoms with E-state index >= 15 is 0 Å². The van der Waals surface area contributed by atoms with Crippen molar-refractivity contribution in [2.75, 3.05) is 33.9 Å². The first-order valence-electron chi connectivity index (χ1n) is 5.23. The fourth-order valence-electron chi connectivity index (χ4n) is 1.12. The van der Waals surface area contributed by atoms with Gasteiger partial charge in [-0.1, -0.05) is 13.8 Å². The summed E-state index contributed by atoms with van der Waals surface area (Å²) >= 11 is 0. The van der Waals surface area contributed by atoms with E-state index in [9.17, 15) is 9.59 Å². The number of likely N-dealkylation sites (N-methyl/N-ethyl adjacent to an activating group) is 2. The van der Waals surface area contributed by atoms with Crippen molar-refractivity contribution in [3.05, 3.63) is 0 Å². The Balaban J connectivity index is 3.96. The lowest BCUT2D eigenvalue weighted by Crippen LogP contribution is -2.39. The van der Waals surface area contributed by atoms with Gasteiger partial charge in [0.2, 0.25) is 5.91 Å². The van der Waals surface area contributed by atoms with Gasteiger partial charge in [0.05, 0.1) is 0 Å². The van der Waals surface area contributed by atoms with E-state index < -0.39 is 6.09 Å². The van der Waals surface area contributed by atoms with E-state index in [1.165, 1.54) is 4.90 Å². The van der Waals surface area contributed by atoms with Crippen LogP contribution >= 0.6 is 0 Å². The zero-order chi connectivity index (χ0) is 12.7. The Hall–Kier alpha value is -1.30. The van der Waals surface area contributed by atoms with Crippen molar-refractivity contribution in [2.45, 2.75) is 13.8 Å². The summed E-state index contributed by atoms with van der Waals surface area (Å²) in [6.45, 7) is 4.45. The van der Waals surface area contributed by atoms with Gasteiger partial charge in [0, 0.05) is 33.1 Å². The molecule has 0 radical (unpaired) electrons. The average Bonchev–Trinajstić information content (AvgIpc) is 2.24. The van der Waals surface area contributed by atoms with E-state index in [-0.39, 0.29) is 18.6 Å². The summed E-state index contributed by atoms with van der Waals surface area (Å²) in [5.41, 5.74) is 5.08. The zero-order valence-corrected chi connectivity index (χ0v) is 10.4. The third-order valence-electron chi connectivity index (χ3n) is 2.16. The number of amides is 2. The Morgan fingerprint density at radius 1 is 1.19 bits per heavy atom. The van der Waals surface area contributed by atoms with Crippen LogP contribution in [0.4, 0.5) is 4.79 Å². The molecule has 0 aliphatic rings. The van der Waals surface area contributed by atoms with Gasteiger partial charge in [-0.2, -0.15) is 0 Å². The minimum Gasteiger partial charge on any atom is -0.434 e. The molecule has 0 aromatic heterocycles.